The van der Waals surface area contributed by atoms with E-state index in [4.69, 9.17) is 16.3 Å². The molecule has 0 aliphatic carbocycles. The predicted octanol–water partition coefficient (Wildman–Crippen LogP) is 5.48. The summed E-state index contributed by atoms with van der Waals surface area (Å²) in [6.45, 7) is 2.98. The monoisotopic (exact) mass is 373 g/mol. The number of nitro groups is 1. The highest BCUT2D eigenvalue weighted by atomic mass is 35.5. The smallest absolute Gasteiger partial charge is 0.354 e. The number of nitrogens with zero attached hydrogens (tertiary/aromatic N) is 1. The minimum atomic E-state index is -4.80. The van der Waals surface area contributed by atoms with Gasteiger partial charge in [0.05, 0.1) is 11.0 Å². The van der Waals surface area contributed by atoms with Crippen molar-refractivity contribution in [3.8, 4) is 0 Å². The molecule has 0 radical (unpaired) electrons. The Morgan fingerprint density at radius 3 is 1.80 bits per heavy atom. The fraction of sp³-hybridized carbons (Fsp3) is 0.294. The van der Waals surface area contributed by atoms with E-state index in [9.17, 15) is 23.3 Å². The molecule has 2 aromatic carbocycles. The molecule has 0 saturated carbocycles. The van der Waals surface area contributed by atoms with Crippen LogP contribution >= 0.6 is 11.6 Å². The van der Waals surface area contributed by atoms with Crippen molar-refractivity contribution in [2.45, 2.75) is 31.7 Å². The van der Waals surface area contributed by atoms with Crippen LogP contribution in [0.1, 0.15) is 25.0 Å². The Balaban J connectivity index is 2.73. The van der Waals surface area contributed by atoms with Gasteiger partial charge in [-0.1, -0.05) is 23.7 Å². The Bertz CT molecular complexity index is 745. The van der Waals surface area contributed by atoms with Gasteiger partial charge in [-0.15, -0.1) is 0 Å². The third kappa shape index (κ3) is 3.77. The Kier molecular flexibility index (Phi) is 5.39. The molecule has 0 amide bonds. The van der Waals surface area contributed by atoms with Gasteiger partial charge in [-0.25, -0.2) is 0 Å². The van der Waals surface area contributed by atoms with Crippen LogP contribution in [0.2, 0.25) is 5.02 Å². The van der Waals surface area contributed by atoms with Crippen LogP contribution in [0.25, 0.3) is 0 Å². The lowest BCUT2D eigenvalue weighted by molar-refractivity contribution is -0.384. The third-order valence-electron chi connectivity index (χ3n) is 3.55. The zero-order valence-electron chi connectivity index (χ0n) is 13.4. The molecule has 0 heterocycles. The molecule has 2 rings (SSSR count). The van der Waals surface area contributed by atoms with Crippen LogP contribution in [0.4, 0.5) is 18.9 Å². The summed E-state index contributed by atoms with van der Waals surface area (Å²) in [7, 11) is 0. The van der Waals surface area contributed by atoms with Crippen LogP contribution in [0, 0.1) is 10.1 Å². The summed E-state index contributed by atoms with van der Waals surface area (Å²) in [6.07, 6.45) is -5.56. The van der Waals surface area contributed by atoms with Gasteiger partial charge in [0.2, 0.25) is 5.60 Å². The highest BCUT2D eigenvalue weighted by Gasteiger charge is 2.59. The first-order valence-electron chi connectivity index (χ1n) is 7.33. The van der Waals surface area contributed by atoms with Gasteiger partial charge in [0.15, 0.2) is 0 Å². The highest BCUT2D eigenvalue weighted by molar-refractivity contribution is 6.30. The van der Waals surface area contributed by atoms with E-state index in [1.54, 1.807) is 0 Å². The molecule has 1 atom stereocenters. The van der Waals surface area contributed by atoms with Gasteiger partial charge in [-0.3, -0.25) is 10.1 Å². The Hall–Kier alpha value is -2.12. The molecule has 0 N–H and O–H groups in total. The summed E-state index contributed by atoms with van der Waals surface area (Å²) < 4.78 is 47.9. The minimum Gasteiger partial charge on any atom is -0.354 e. The van der Waals surface area contributed by atoms with Gasteiger partial charge in [0.25, 0.3) is 5.69 Å². The van der Waals surface area contributed by atoms with Crippen molar-refractivity contribution in [3.63, 3.8) is 0 Å². The number of nitro benzene ring substituents is 1. The lowest BCUT2D eigenvalue weighted by Gasteiger charge is -2.38. The zero-order valence-corrected chi connectivity index (χ0v) is 14.1. The van der Waals surface area contributed by atoms with E-state index >= 15 is 0 Å². The maximum Gasteiger partial charge on any atom is 0.426 e. The van der Waals surface area contributed by atoms with Crippen molar-refractivity contribution < 1.29 is 22.8 Å². The number of non-ortho nitro benzene ring substituents is 1. The second kappa shape index (κ2) is 7.01. The van der Waals surface area contributed by atoms with Crippen LogP contribution in [-0.4, -0.2) is 17.2 Å². The number of hydrogen-bond acceptors (Lipinski definition) is 3. The fourth-order valence-corrected chi connectivity index (χ4v) is 2.68. The molecule has 134 valence electrons. The third-order valence-corrected chi connectivity index (χ3v) is 3.80. The van der Waals surface area contributed by atoms with E-state index in [1.807, 2.05) is 0 Å². The summed E-state index contributed by atoms with van der Waals surface area (Å²) >= 11 is 5.79. The second-order valence-corrected chi connectivity index (χ2v) is 6.09. The maximum atomic E-state index is 14.2. The number of benzene rings is 2. The standard InChI is InChI=1S/C17H15ClF3NO3/c1-11(2)25-16(17(19,20)21,12-3-7-14(18)8-4-12)13-5-9-15(10-6-13)22(23)24/h3-11H,1-2H3. The lowest BCUT2D eigenvalue weighted by Crippen LogP contribution is -2.47. The van der Waals surface area contributed by atoms with Crippen molar-refractivity contribution in [2.75, 3.05) is 0 Å². The van der Waals surface area contributed by atoms with Gasteiger partial charge >= 0.3 is 6.18 Å². The zero-order chi connectivity index (χ0) is 18.8. The van der Waals surface area contributed by atoms with Crippen LogP contribution < -0.4 is 0 Å². The van der Waals surface area contributed by atoms with Gasteiger partial charge in [-0.05, 0) is 49.2 Å². The molecular weight excluding hydrogens is 359 g/mol. The molecule has 4 nitrogen and oxygen atoms in total. The molecule has 0 aromatic heterocycles. The molecule has 0 bridgehead atoms. The first-order valence-corrected chi connectivity index (χ1v) is 7.71. The molecule has 0 spiro atoms. The van der Waals surface area contributed by atoms with E-state index in [2.05, 4.69) is 0 Å². The number of halogens is 4. The summed E-state index contributed by atoms with van der Waals surface area (Å²) in [5.74, 6) is 0. The van der Waals surface area contributed by atoms with Crippen LogP contribution in [0.15, 0.2) is 48.5 Å². The van der Waals surface area contributed by atoms with Crippen LogP contribution in [-0.2, 0) is 10.3 Å². The largest absolute Gasteiger partial charge is 0.426 e. The topological polar surface area (TPSA) is 52.4 Å². The average molecular weight is 374 g/mol. The predicted molar refractivity (Wildman–Crippen MR) is 87.6 cm³/mol. The highest BCUT2D eigenvalue weighted by Crippen LogP contribution is 2.48. The van der Waals surface area contributed by atoms with Gasteiger partial charge < -0.3 is 4.74 Å². The van der Waals surface area contributed by atoms with E-state index < -0.39 is 22.8 Å². The summed E-state index contributed by atoms with van der Waals surface area (Å²) in [5.41, 5.74) is -3.48. The van der Waals surface area contributed by atoms with E-state index in [-0.39, 0.29) is 21.8 Å². The van der Waals surface area contributed by atoms with E-state index in [0.717, 1.165) is 24.3 Å². The van der Waals surface area contributed by atoms with E-state index in [1.165, 1.54) is 38.1 Å². The number of alkyl halides is 3. The Labute approximate surface area is 147 Å². The van der Waals surface area contributed by atoms with Crippen LogP contribution in [0.5, 0.6) is 0 Å². The fourth-order valence-electron chi connectivity index (χ4n) is 2.55. The molecule has 0 aliphatic rings. The molecule has 0 aliphatic heterocycles. The molecule has 25 heavy (non-hydrogen) atoms. The minimum absolute atomic E-state index is 0.160. The van der Waals surface area contributed by atoms with Crippen molar-refractivity contribution in [1.82, 2.24) is 0 Å². The first kappa shape index (κ1) is 19.2. The Morgan fingerprint density at radius 1 is 1.00 bits per heavy atom. The second-order valence-electron chi connectivity index (χ2n) is 5.66. The molecule has 1 unspecified atom stereocenters. The summed E-state index contributed by atoms with van der Waals surface area (Å²) in [4.78, 5) is 10.1. The van der Waals surface area contributed by atoms with Gasteiger partial charge in [0.1, 0.15) is 0 Å². The maximum absolute atomic E-state index is 14.2. The van der Waals surface area contributed by atoms with Crippen molar-refractivity contribution in [2.24, 2.45) is 0 Å². The molecule has 2 aromatic rings. The Morgan fingerprint density at radius 2 is 1.44 bits per heavy atom. The molecule has 8 heteroatoms. The number of rotatable bonds is 5. The van der Waals surface area contributed by atoms with Crippen molar-refractivity contribution in [1.29, 1.82) is 0 Å². The average Bonchev–Trinajstić information content (AvgIpc) is 2.52. The summed E-state index contributed by atoms with van der Waals surface area (Å²) in [5, 5.41) is 11.1. The van der Waals surface area contributed by atoms with Crippen molar-refractivity contribution >= 4 is 17.3 Å². The quantitative estimate of drug-likeness (QED) is 0.515. The van der Waals surface area contributed by atoms with Crippen LogP contribution in [0.3, 0.4) is 0 Å². The summed E-state index contributed by atoms with van der Waals surface area (Å²) in [6, 6.07) is 9.31. The molecule has 0 fully saturated rings. The van der Waals surface area contributed by atoms with Gasteiger partial charge in [-0.2, -0.15) is 13.2 Å². The van der Waals surface area contributed by atoms with Crippen molar-refractivity contribution in [3.05, 3.63) is 74.8 Å². The van der Waals surface area contributed by atoms with E-state index in [0.29, 0.717) is 0 Å². The number of hydrogen-bond donors (Lipinski definition) is 0. The molecule has 0 saturated heterocycles. The lowest BCUT2D eigenvalue weighted by atomic mass is 9.85. The first-order chi connectivity index (χ1) is 11.6. The SMILES string of the molecule is CC(C)OC(c1ccc(Cl)cc1)(c1ccc([N+](=O)[O-])cc1)C(F)(F)F. The normalized spacial score (nSPS) is 14.4. The molecular formula is C17H15ClF3NO3. The van der Waals surface area contributed by atoms with Gasteiger partial charge in [0, 0.05) is 17.2 Å². The number of ether oxygens (including phenoxy) is 1.